The molecule has 0 saturated heterocycles. The molecule has 64 heavy (non-hydrogen) atoms. The highest BCUT2D eigenvalue weighted by molar-refractivity contribution is 9.09. The van der Waals surface area contributed by atoms with Crippen LogP contribution in [0.4, 0.5) is 17.1 Å². The molecule has 0 saturated carbocycles. The molecule has 0 radical (unpaired) electrons. The van der Waals surface area contributed by atoms with E-state index in [4.69, 9.17) is 0 Å². The van der Waals surface area contributed by atoms with E-state index in [2.05, 4.69) is 110 Å². The average molecular weight is 1120 g/mol. The molecule has 0 unspecified atom stereocenters. The van der Waals surface area contributed by atoms with Gasteiger partial charge < -0.3 is 34.0 Å². The second-order valence-corrected chi connectivity index (χ2v) is 16.1. The third kappa shape index (κ3) is 23.4. The molecule has 0 aliphatic carbocycles. The van der Waals surface area contributed by atoms with E-state index in [0.29, 0.717) is 0 Å². The van der Waals surface area contributed by atoms with E-state index in [1.165, 1.54) is 51.4 Å². The first-order chi connectivity index (χ1) is 30.4. The van der Waals surface area contributed by atoms with Crippen molar-refractivity contribution in [3.8, 4) is 0 Å². The minimum absolute atomic E-state index is 0. The SMILES string of the molecule is BrCCCCCCBr.CN(/N=C/c1cc[n+](CCCCCC[n+]2ccc(/C=N/N(C)c3ccccc3)cc2)cc1)c1ccccc1.CN(/N=C/c1ccncc1)c1ccccc1.[Br-].[Br-]. The summed E-state index contributed by atoms with van der Waals surface area (Å²) in [5.74, 6) is 0. The molecule has 0 amide bonds. The number of hydrazone groups is 3. The molecule has 0 atom stereocenters. The Morgan fingerprint density at radius 3 is 1.03 bits per heavy atom. The molecule has 0 aliphatic rings. The maximum Gasteiger partial charge on any atom is 0.169 e. The van der Waals surface area contributed by atoms with E-state index in [9.17, 15) is 0 Å². The van der Waals surface area contributed by atoms with Gasteiger partial charge in [0.25, 0.3) is 0 Å². The molecular formula is C51H63Br4N9. The van der Waals surface area contributed by atoms with Gasteiger partial charge in [0.05, 0.1) is 35.7 Å². The summed E-state index contributed by atoms with van der Waals surface area (Å²) in [4.78, 5) is 3.96. The largest absolute Gasteiger partial charge is 1.00 e. The monoisotopic (exact) mass is 1120 g/mol. The van der Waals surface area contributed by atoms with Crippen LogP contribution in [0.15, 0.2) is 180 Å². The Labute approximate surface area is 420 Å². The number of alkyl halides is 2. The fourth-order valence-electron chi connectivity index (χ4n) is 5.93. The third-order valence-electron chi connectivity index (χ3n) is 9.67. The van der Waals surface area contributed by atoms with Crippen molar-refractivity contribution in [3.63, 3.8) is 0 Å². The molecular weight excluding hydrogens is 1060 g/mol. The molecule has 0 bridgehead atoms. The first kappa shape index (κ1) is 55.6. The number of halogens is 4. The number of rotatable bonds is 21. The highest BCUT2D eigenvalue weighted by atomic mass is 79.9. The topological polar surface area (TPSA) is 67.5 Å². The molecule has 13 heteroatoms. The molecule has 340 valence electrons. The van der Waals surface area contributed by atoms with Crippen molar-refractivity contribution in [1.82, 2.24) is 4.98 Å². The Kier molecular flexibility index (Phi) is 30.2. The Morgan fingerprint density at radius 2 is 0.719 bits per heavy atom. The van der Waals surface area contributed by atoms with Gasteiger partial charge in [0, 0.05) is 92.4 Å². The second kappa shape index (κ2) is 34.8. The van der Waals surface area contributed by atoms with Crippen molar-refractivity contribution in [1.29, 1.82) is 0 Å². The normalized spacial score (nSPS) is 10.6. The summed E-state index contributed by atoms with van der Waals surface area (Å²) >= 11 is 6.78. The number of nitrogens with zero attached hydrogens (tertiary/aromatic N) is 9. The summed E-state index contributed by atoms with van der Waals surface area (Å²) in [6.45, 7) is 2.08. The van der Waals surface area contributed by atoms with E-state index in [-0.39, 0.29) is 34.0 Å². The van der Waals surface area contributed by atoms with Crippen molar-refractivity contribution >= 4 is 67.6 Å². The standard InChI is InChI=1S/C32H38N6.C13H13N3.C6H12Br2.2BrH/c1-35(31-13-7-5-8-14-31)33-27-29-17-23-37(24-18-29)21-11-3-4-12-22-38-25-19-30(20-26-38)28-34-36(2)32-15-9-6-10-16-32;1-16(13-5-3-2-4-6-13)15-11-12-7-9-14-10-8-12;7-5-3-1-2-4-6-8;;/h5-10,13-20,23-28H,3-4,11-12,21-22H2,1-2H3;2-11H,1H3;1-6H2;2*1H/q+2;;;;/p-2/b;15-11+;;;. The smallest absolute Gasteiger partial charge is 0.169 e. The van der Waals surface area contributed by atoms with Gasteiger partial charge in [0.1, 0.15) is 13.1 Å². The minimum Gasteiger partial charge on any atom is -1.00 e. The summed E-state index contributed by atoms with van der Waals surface area (Å²) in [6.07, 6.45) is 27.9. The Bertz CT molecular complexity index is 2000. The zero-order chi connectivity index (χ0) is 43.9. The molecule has 0 fully saturated rings. The van der Waals surface area contributed by atoms with Gasteiger partial charge in [-0.15, -0.1) is 0 Å². The minimum atomic E-state index is 0. The van der Waals surface area contributed by atoms with Crippen LogP contribution in [0.25, 0.3) is 0 Å². The Balaban J connectivity index is 0.000000445. The van der Waals surface area contributed by atoms with Crippen molar-refractivity contribution in [2.45, 2.75) is 64.5 Å². The lowest BCUT2D eigenvalue weighted by molar-refractivity contribution is -0.698. The van der Waals surface area contributed by atoms with Gasteiger partial charge >= 0.3 is 0 Å². The van der Waals surface area contributed by atoms with Gasteiger partial charge in [0.2, 0.25) is 0 Å². The lowest BCUT2D eigenvalue weighted by atomic mass is 10.2. The fraction of sp³-hybridized carbons (Fsp3) is 0.294. The molecule has 0 N–H and O–H groups in total. The van der Waals surface area contributed by atoms with Crippen molar-refractivity contribution in [3.05, 3.63) is 181 Å². The third-order valence-corrected chi connectivity index (χ3v) is 10.8. The zero-order valence-electron chi connectivity index (χ0n) is 37.3. The highest BCUT2D eigenvalue weighted by Gasteiger charge is 2.04. The van der Waals surface area contributed by atoms with Crippen LogP contribution in [0.5, 0.6) is 0 Å². The number of aromatic nitrogens is 3. The van der Waals surface area contributed by atoms with Gasteiger partial charge in [-0.3, -0.25) is 20.0 Å². The number of benzene rings is 3. The molecule has 3 aromatic carbocycles. The second-order valence-electron chi connectivity index (χ2n) is 14.5. The molecule has 3 aromatic heterocycles. The fourth-order valence-corrected chi connectivity index (χ4v) is 6.73. The molecule has 9 nitrogen and oxygen atoms in total. The molecule has 6 rings (SSSR count). The van der Waals surface area contributed by atoms with Crippen LogP contribution in [0, 0.1) is 0 Å². The average Bonchev–Trinajstić information content (AvgIpc) is 3.34. The van der Waals surface area contributed by atoms with Gasteiger partial charge in [-0.1, -0.05) is 99.3 Å². The zero-order valence-corrected chi connectivity index (χ0v) is 43.7. The van der Waals surface area contributed by atoms with Crippen LogP contribution >= 0.6 is 31.9 Å². The van der Waals surface area contributed by atoms with Crippen LogP contribution in [0.3, 0.4) is 0 Å². The number of hydrogen-bond acceptors (Lipinski definition) is 7. The van der Waals surface area contributed by atoms with Gasteiger partial charge in [-0.25, -0.2) is 9.13 Å². The van der Waals surface area contributed by atoms with E-state index < -0.39 is 0 Å². The van der Waals surface area contributed by atoms with Gasteiger partial charge in [0.15, 0.2) is 24.8 Å². The van der Waals surface area contributed by atoms with Crippen LogP contribution in [0.1, 0.15) is 68.1 Å². The Morgan fingerprint density at radius 1 is 0.422 bits per heavy atom. The predicted molar refractivity (Wildman–Crippen MR) is 269 cm³/mol. The van der Waals surface area contributed by atoms with E-state index in [0.717, 1.165) is 57.5 Å². The van der Waals surface area contributed by atoms with Gasteiger partial charge in [-0.2, -0.15) is 15.3 Å². The maximum absolute atomic E-state index is 4.54. The van der Waals surface area contributed by atoms with E-state index in [1.54, 1.807) is 12.4 Å². The van der Waals surface area contributed by atoms with Crippen molar-refractivity contribution < 1.29 is 43.1 Å². The summed E-state index contributed by atoms with van der Waals surface area (Å²) < 4.78 is 4.50. The number of para-hydroxylation sites is 3. The predicted octanol–water partition coefficient (Wildman–Crippen LogP) is 5.36. The number of aryl methyl sites for hydroxylation is 2. The van der Waals surface area contributed by atoms with Crippen LogP contribution in [-0.2, 0) is 13.1 Å². The lowest BCUT2D eigenvalue weighted by Crippen LogP contribution is -3.00. The number of unbranched alkanes of at least 4 members (excludes halogenated alkanes) is 6. The van der Waals surface area contributed by atoms with Crippen molar-refractivity contribution in [2.75, 3.05) is 46.8 Å². The molecule has 6 aromatic rings. The molecule has 0 spiro atoms. The summed E-state index contributed by atoms with van der Waals surface area (Å²) in [5.41, 5.74) is 6.44. The summed E-state index contributed by atoms with van der Waals surface area (Å²) in [6, 6.07) is 42.6. The molecule has 0 aliphatic heterocycles. The summed E-state index contributed by atoms with van der Waals surface area (Å²) in [7, 11) is 5.85. The maximum atomic E-state index is 4.54. The van der Waals surface area contributed by atoms with E-state index in [1.807, 2.05) is 158 Å². The lowest BCUT2D eigenvalue weighted by Gasteiger charge is -2.11. The van der Waals surface area contributed by atoms with Crippen LogP contribution in [0.2, 0.25) is 0 Å². The first-order valence-corrected chi connectivity index (χ1v) is 23.7. The number of hydrogen-bond donors (Lipinski definition) is 0. The highest BCUT2D eigenvalue weighted by Crippen LogP contribution is 2.13. The van der Waals surface area contributed by atoms with Crippen LogP contribution in [-0.4, -0.2) is 55.4 Å². The first-order valence-electron chi connectivity index (χ1n) is 21.4. The quantitative estimate of drug-likeness (QED) is 0.0321. The van der Waals surface area contributed by atoms with Crippen molar-refractivity contribution in [2.24, 2.45) is 15.3 Å². The van der Waals surface area contributed by atoms with Gasteiger partial charge in [-0.05, 0) is 79.8 Å². The van der Waals surface area contributed by atoms with E-state index >= 15 is 0 Å². The number of anilines is 3. The number of pyridine rings is 3. The summed E-state index contributed by atoms with van der Waals surface area (Å²) in [5, 5.41) is 21.3. The van der Waals surface area contributed by atoms with Crippen LogP contribution < -0.4 is 58.1 Å². The molecule has 3 heterocycles. The Hall–Kier alpha value is -4.56.